The summed E-state index contributed by atoms with van der Waals surface area (Å²) in [6, 6.07) is 11.7. The number of thioether (sulfide) groups is 1. The van der Waals surface area contributed by atoms with Gasteiger partial charge in [0.15, 0.2) is 5.17 Å². The molecule has 0 atom stereocenters. The van der Waals surface area contributed by atoms with Gasteiger partial charge in [0.2, 0.25) is 0 Å². The molecular weight excluding hydrogens is 386 g/mol. The Kier molecular flexibility index (Phi) is 5.56. The number of hydrogen-bond acceptors (Lipinski definition) is 8. The lowest BCUT2D eigenvalue weighted by Gasteiger charge is -1.95. The molecule has 0 bridgehead atoms. The summed E-state index contributed by atoms with van der Waals surface area (Å²) < 4.78 is 0. The van der Waals surface area contributed by atoms with E-state index in [4.69, 9.17) is 0 Å². The molecule has 1 saturated heterocycles. The molecule has 140 valence electrons. The monoisotopic (exact) mass is 397 g/mol. The van der Waals surface area contributed by atoms with Gasteiger partial charge in [-0.15, -0.1) is 5.10 Å². The van der Waals surface area contributed by atoms with Gasteiger partial charge in [0.05, 0.1) is 21.0 Å². The van der Waals surface area contributed by atoms with E-state index in [1.165, 1.54) is 48.7 Å². The van der Waals surface area contributed by atoms with Crippen LogP contribution >= 0.6 is 11.8 Å². The number of carbonyl (C=O) groups excluding carboxylic acids is 1. The summed E-state index contributed by atoms with van der Waals surface area (Å²) in [6.07, 6.45) is 2.92. The number of amides is 1. The zero-order chi connectivity index (χ0) is 20.1. The Morgan fingerprint density at radius 2 is 1.68 bits per heavy atom. The zero-order valence-corrected chi connectivity index (χ0v) is 14.8. The molecule has 0 saturated carbocycles. The third kappa shape index (κ3) is 4.65. The summed E-state index contributed by atoms with van der Waals surface area (Å²) >= 11 is 1.06. The molecular formula is C17H11N5O5S. The van der Waals surface area contributed by atoms with Gasteiger partial charge in [-0.1, -0.05) is 12.1 Å². The van der Waals surface area contributed by atoms with Crippen LogP contribution in [0.1, 0.15) is 11.1 Å². The molecule has 2 aromatic rings. The molecule has 1 fully saturated rings. The van der Waals surface area contributed by atoms with Gasteiger partial charge in [0.25, 0.3) is 17.3 Å². The lowest BCUT2D eigenvalue weighted by atomic mass is 10.2. The quantitative estimate of drug-likeness (QED) is 0.356. The fraction of sp³-hybridized carbons (Fsp3) is 0. The van der Waals surface area contributed by atoms with E-state index in [-0.39, 0.29) is 22.4 Å². The lowest BCUT2D eigenvalue weighted by molar-refractivity contribution is -0.385. The maximum Gasteiger partial charge on any atom is 0.270 e. The van der Waals surface area contributed by atoms with Gasteiger partial charge in [-0.3, -0.25) is 30.3 Å². The Morgan fingerprint density at radius 1 is 0.964 bits per heavy atom. The van der Waals surface area contributed by atoms with E-state index < -0.39 is 9.85 Å². The molecule has 0 radical (unpaired) electrons. The fourth-order valence-electron chi connectivity index (χ4n) is 2.19. The van der Waals surface area contributed by atoms with Crippen molar-refractivity contribution in [2.45, 2.75) is 0 Å². The summed E-state index contributed by atoms with van der Waals surface area (Å²) in [6.45, 7) is 0. The van der Waals surface area contributed by atoms with Crippen molar-refractivity contribution < 1.29 is 14.6 Å². The number of benzene rings is 2. The highest BCUT2D eigenvalue weighted by Crippen LogP contribution is 2.26. The van der Waals surface area contributed by atoms with Gasteiger partial charge in [0, 0.05) is 29.8 Å². The number of nitro benzene ring substituents is 2. The molecule has 1 aliphatic heterocycles. The maximum atomic E-state index is 12.0. The van der Waals surface area contributed by atoms with Crippen LogP contribution in [0.3, 0.4) is 0 Å². The van der Waals surface area contributed by atoms with Crippen molar-refractivity contribution in [3.63, 3.8) is 0 Å². The van der Waals surface area contributed by atoms with E-state index >= 15 is 0 Å². The first-order chi connectivity index (χ1) is 13.4. The Morgan fingerprint density at radius 3 is 2.36 bits per heavy atom. The fourth-order valence-corrected chi connectivity index (χ4v) is 2.96. The van der Waals surface area contributed by atoms with Gasteiger partial charge in [-0.25, -0.2) is 0 Å². The lowest BCUT2D eigenvalue weighted by Crippen LogP contribution is -2.19. The molecule has 1 N–H and O–H groups in total. The van der Waals surface area contributed by atoms with Crippen molar-refractivity contribution in [2.75, 3.05) is 0 Å². The topological polar surface area (TPSA) is 140 Å². The van der Waals surface area contributed by atoms with E-state index in [1.807, 2.05) is 0 Å². The summed E-state index contributed by atoms with van der Waals surface area (Å²) in [5, 5.41) is 31.9. The smallest absolute Gasteiger partial charge is 0.270 e. The SMILES string of the molecule is O=C1N/C(=N/N=Cc2cccc([N+](=O)[O-])c2)SC1=Cc1ccc([N+](=O)[O-])cc1. The van der Waals surface area contributed by atoms with Crippen LogP contribution in [0.25, 0.3) is 6.08 Å². The number of nitrogens with one attached hydrogen (secondary N) is 1. The largest absolute Gasteiger partial charge is 0.299 e. The highest BCUT2D eigenvalue weighted by atomic mass is 32.2. The highest BCUT2D eigenvalue weighted by molar-refractivity contribution is 8.18. The Bertz CT molecular complexity index is 1050. The van der Waals surface area contributed by atoms with Crippen LogP contribution in [0.2, 0.25) is 0 Å². The van der Waals surface area contributed by atoms with Crippen LogP contribution in [0, 0.1) is 20.2 Å². The van der Waals surface area contributed by atoms with Crippen molar-refractivity contribution in [3.8, 4) is 0 Å². The van der Waals surface area contributed by atoms with E-state index in [1.54, 1.807) is 12.1 Å². The third-order valence-corrected chi connectivity index (χ3v) is 4.39. The molecule has 1 heterocycles. The second-order valence-corrected chi connectivity index (χ2v) is 6.45. The van der Waals surface area contributed by atoms with Gasteiger partial charge in [0.1, 0.15) is 0 Å². The summed E-state index contributed by atoms with van der Waals surface area (Å²) in [5.41, 5.74) is 1.02. The van der Waals surface area contributed by atoms with E-state index in [2.05, 4.69) is 15.5 Å². The van der Waals surface area contributed by atoms with Gasteiger partial charge in [-0.05, 0) is 35.5 Å². The van der Waals surface area contributed by atoms with Crippen LogP contribution in [0.4, 0.5) is 11.4 Å². The number of non-ortho nitro benzene ring substituents is 2. The Hall–Kier alpha value is -3.86. The van der Waals surface area contributed by atoms with Gasteiger partial charge in [-0.2, -0.15) is 5.10 Å². The Balaban J connectivity index is 1.70. The predicted molar refractivity (Wildman–Crippen MR) is 105 cm³/mol. The second kappa shape index (κ2) is 8.22. The Labute approximate surface area is 162 Å². The van der Waals surface area contributed by atoms with E-state index in [0.29, 0.717) is 16.0 Å². The van der Waals surface area contributed by atoms with E-state index in [9.17, 15) is 25.0 Å². The van der Waals surface area contributed by atoms with Crippen LogP contribution in [0.5, 0.6) is 0 Å². The van der Waals surface area contributed by atoms with Crippen LogP contribution in [-0.4, -0.2) is 27.1 Å². The first-order valence-electron chi connectivity index (χ1n) is 7.73. The van der Waals surface area contributed by atoms with Crippen molar-refractivity contribution >= 4 is 46.5 Å². The molecule has 1 aliphatic rings. The molecule has 0 aromatic heterocycles. The second-order valence-electron chi connectivity index (χ2n) is 5.42. The van der Waals surface area contributed by atoms with E-state index in [0.717, 1.165) is 11.8 Å². The van der Waals surface area contributed by atoms with Crippen molar-refractivity contribution in [2.24, 2.45) is 10.2 Å². The van der Waals surface area contributed by atoms with Crippen molar-refractivity contribution in [1.29, 1.82) is 0 Å². The molecule has 0 aliphatic carbocycles. The molecule has 0 unspecified atom stereocenters. The maximum absolute atomic E-state index is 12.0. The molecule has 10 nitrogen and oxygen atoms in total. The molecule has 28 heavy (non-hydrogen) atoms. The molecule has 0 spiro atoms. The summed E-state index contributed by atoms with van der Waals surface area (Å²) in [5.74, 6) is -0.368. The number of amidine groups is 1. The van der Waals surface area contributed by atoms with Gasteiger partial charge < -0.3 is 0 Å². The standard InChI is InChI=1S/C17H11N5O5S/c23-16-15(9-11-4-6-13(7-5-11)21(24)25)28-17(19-16)20-18-10-12-2-1-3-14(8-12)22(26)27/h1-10H,(H,19,20,23). The number of rotatable bonds is 5. The number of carbonyl (C=O) groups is 1. The average molecular weight is 397 g/mol. The minimum atomic E-state index is -0.508. The number of nitro groups is 2. The molecule has 2 aromatic carbocycles. The normalized spacial score (nSPS) is 16.6. The van der Waals surface area contributed by atoms with Crippen molar-refractivity contribution in [3.05, 3.63) is 84.8 Å². The number of nitrogens with zero attached hydrogens (tertiary/aromatic N) is 4. The molecule has 11 heteroatoms. The molecule has 3 rings (SSSR count). The third-order valence-electron chi connectivity index (χ3n) is 3.49. The molecule has 1 amide bonds. The van der Waals surface area contributed by atoms with Crippen LogP contribution in [0.15, 0.2) is 63.6 Å². The predicted octanol–water partition coefficient (Wildman–Crippen LogP) is 3.10. The first kappa shape index (κ1) is 18.9. The van der Waals surface area contributed by atoms with Crippen molar-refractivity contribution in [1.82, 2.24) is 5.32 Å². The zero-order valence-electron chi connectivity index (χ0n) is 14.0. The number of hydrogen-bond donors (Lipinski definition) is 1. The average Bonchev–Trinajstić information content (AvgIpc) is 3.01. The minimum absolute atomic E-state index is 0.0385. The summed E-state index contributed by atoms with van der Waals surface area (Å²) in [7, 11) is 0. The van der Waals surface area contributed by atoms with Crippen LogP contribution < -0.4 is 5.32 Å². The van der Waals surface area contributed by atoms with Gasteiger partial charge >= 0.3 is 0 Å². The first-order valence-corrected chi connectivity index (χ1v) is 8.55. The highest BCUT2D eigenvalue weighted by Gasteiger charge is 2.23. The van der Waals surface area contributed by atoms with Crippen LogP contribution in [-0.2, 0) is 4.79 Å². The minimum Gasteiger partial charge on any atom is -0.299 e. The summed E-state index contributed by atoms with van der Waals surface area (Å²) in [4.78, 5) is 32.8.